The van der Waals surface area contributed by atoms with Crippen molar-refractivity contribution in [2.75, 3.05) is 32.8 Å². The number of nitrogens with two attached hydrogens (primary N) is 3. The van der Waals surface area contributed by atoms with Gasteiger partial charge in [-0.05, 0) is 56.0 Å². The first-order valence-electron chi connectivity index (χ1n) is 11.0. The molecule has 1 aromatic rings. The van der Waals surface area contributed by atoms with Crippen LogP contribution < -0.4 is 17.2 Å². The summed E-state index contributed by atoms with van der Waals surface area (Å²) in [6, 6.07) is 5.25. The number of halogens is 1. The highest BCUT2D eigenvalue weighted by Crippen LogP contribution is 2.25. The molecular formula is C22H31FN6O4. The van der Waals surface area contributed by atoms with Gasteiger partial charge in [0.25, 0.3) is 0 Å². The van der Waals surface area contributed by atoms with E-state index in [1.807, 2.05) is 0 Å². The minimum absolute atomic E-state index is 0.0260. The summed E-state index contributed by atoms with van der Waals surface area (Å²) in [7, 11) is 0. The minimum atomic E-state index is -1.00. The fraction of sp³-hybridized carbons (Fsp3) is 0.545. The lowest BCUT2D eigenvalue weighted by Crippen LogP contribution is -2.46. The van der Waals surface area contributed by atoms with E-state index in [9.17, 15) is 14.0 Å². The molecule has 180 valence electrons. The molecule has 2 saturated heterocycles. The van der Waals surface area contributed by atoms with Crippen LogP contribution in [-0.4, -0.2) is 73.9 Å². The number of hydrogen-bond acceptors (Lipinski definition) is 7. The lowest BCUT2D eigenvalue weighted by molar-refractivity contribution is -0.118. The number of benzene rings is 1. The number of piperidine rings is 1. The molecule has 0 aliphatic carbocycles. The van der Waals surface area contributed by atoms with Crippen molar-refractivity contribution in [1.29, 1.82) is 0 Å². The van der Waals surface area contributed by atoms with Crippen LogP contribution >= 0.6 is 0 Å². The molecule has 0 saturated carbocycles. The van der Waals surface area contributed by atoms with Gasteiger partial charge in [0.15, 0.2) is 6.10 Å². The number of hydrogen-bond donors (Lipinski definition) is 3. The third kappa shape index (κ3) is 6.96. The summed E-state index contributed by atoms with van der Waals surface area (Å²) in [5.41, 5.74) is 17.7. The van der Waals surface area contributed by atoms with Crippen molar-refractivity contribution in [2.45, 2.75) is 31.4 Å². The average molecular weight is 463 g/mol. The van der Waals surface area contributed by atoms with Gasteiger partial charge in [-0.1, -0.05) is 0 Å². The minimum Gasteiger partial charge on any atom is -0.441 e. The van der Waals surface area contributed by atoms with E-state index in [0.717, 1.165) is 12.8 Å². The number of carbonyl (C=O) groups is 2. The van der Waals surface area contributed by atoms with Crippen molar-refractivity contribution in [3.8, 4) is 0 Å². The predicted octanol–water partition coefficient (Wildman–Crippen LogP) is 0.952. The van der Waals surface area contributed by atoms with Gasteiger partial charge in [0.05, 0.1) is 24.9 Å². The number of nitrogens with zero attached hydrogens (tertiary/aromatic N) is 3. The Morgan fingerprint density at radius 2 is 1.88 bits per heavy atom. The van der Waals surface area contributed by atoms with E-state index in [-0.39, 0.29) is 30.0 Å². The van der Waals surface area contributed by atoms with E-state index in [1.165, 1.54) is 30.5 Å². The third-order valence-electron chi connectivity index (χ3n) is 5.82. The second-order valence-corrected chi connectivity index (χ2v) is 8.20. The Bertz CT molecular complexity index is 866. The van der Waals surface area contributed by atoms with Crippen LogP contribution in [0.3, 0.4) is 0 Å². The molecule has 2 aliphatic heterocycles. The zero-order chi connectivity index (χ0) is 23.8. The fourth-order valence-corrected chi connectivity index (χ4v) is 3.80. The Kier molecular flexibility index (Phi) is 8.72. The molecule has 2 aliphatic rings. The topological polar surface area (TPSA) is 159 Å². The van der Waals surface area contributed by atoms with E-state index >= 15 is 0 Å². The smallest absolute Gasteiger partial charge is 0.410 e. The van der Waals surface area contributed by atoms with Gasteiger partial charge in [-0.15, -0.1) is 0 Å². The Labute approximate surface area is 192 Å². The van der Waals surface area contributed by atoms with Gasteiger partial charge in [0.2, 0.25) is 5.91 Å². The average Bonchev–Trinajstić information content (AvgIpc) is 2.77. The molecular weight excluding hydrogens is 431 g/mol. The van der Waals surface area contributed by atoms with Crippen LogP contribution in [0.25, 0.3) is 0 Å². The monoisotopic (exact) mass is 462 g/mol. The maximum absolute atomic E-state index is 13.1. The molecule has 33 heavy (non-hydrogen) atoms. The van der Waals surface area contributed by atoms with Gasteiger partial charge >= 0.3 is 6.09 Å². The SMILES string of the molecule is NCCC(N=CC(C(N)=O)C(N)=Nc1ccc(F)cc1)C1CCN(C(=O)OC2COC2)CC1. The first kappa shape index (κ1) is 24.6. The lowest BCUT2D eigenvalue weighted by Gasteiger charge is -2.36. The van der Waals surface area contributed by atoms with E-state index in [2.05, 4.69) is 9.98 Å². The number of aliphatic imine (C=N–C) groups is 2. The molecule has 0 spiro atoms. The predicted molar refractivity (Wildman–Crippen MR) is 122 cm³/mol. The van der Waals surface area contributed by atoms with Crippen LogP contribution in [0, 0.1) is 17.7 Å². The molecule has 2 fully saturated rings. The molecule has 0 radical (unpaired) electrons. The van der Waals surface area contributed by atoms with Crippen LogP contribution in [0.15, 0.2) is 34.3 Å². The van der Waals surface area contributed by atoms with Crippen molar-refractivity contribution in [1.82, 2.24) is 4.90 Å². The summed E-state index contributed by atoms with van der Waals surface area (Å²) < 4.78 is 23.5. The third-order valence-corrected chi connectivity index (χ3v) is 5.82. The molecule has 11 heteroatoms. The summed E-state index contributed by atoms with van der Waals surface area (Å²) >= 11 is 0. The molecule has 0 bridgehead atoms. The molecule has 10 nitrogen and oxygen atoms in total. The van der Waals surface area contributed by atoms with Gasteiger partial charge in [0, 0.05) is 19.3 Å². The summed E-state index contributed by atoms with van der Waals surface area (Å²) in [6.07, 6.45) is 3.03. The second kappa shape index (κ2) is 11.7. The van der Waals surface area contributed by atoms with E-state index in [0.29, 0.717) is 45.0 Å². The zero-order valence-electron chi connectivity index (χ0n) is 18.4. The van der Waals surface area contributed by atoms with Crippen LogP contribution in [0.4, 0.5) is 14.9 Å². The van der Waals surface area contributed by atoms with Crippen LogP contribution in [-0.2, 0) is 14.3 Å². The Morgan fingerprint density at radius 1 is 1.21 bits per heavy atom. The summed E-state index contributed by atoms with van der Waals surface area (Å²) in [4.78, 5) is 34.7. The lowest BCUT2D eigenvalue weighted by atomic mass is 9.88. The first-order chi connectivity index (χ1) is 15.9. The molecule has 1 aromatic carbocycles. The summed E-state index contributed by atoms with van der Waals surface area (Å²) in [6.45, 7) is 2.43. The van der Waals surface area contributed by atoms with E-state index in [1.54, 1.807) is 4.90 Å². The van der Waals surface area contributed by atoms with Gasteiger partial charge in [-0.3, -0.25) is 9.79 Å². The summed E-state index contributed by atoms with van der Waals surface area (Å²) in [5, 5.41) is 0. The number of rotatable bonds is 9. The van der Waals surface area contributed by atoms with Crippen molar-refractivity contribution in [3.05, 3.63) is 30.1 Å². The Morgan fingerprint density at radius 3 is 2.42 bits per heavy atom. The van der Waals surface area contributed by atoms with Gasteiger partial charge < -0.3 is 31.6 Å². The fourth-order valence-electron chi connectivity index (χ4n) is 3.80. The van der Waals surface area contributed by atoms with Gasteiger partial charge in [-0.2, -0.15) is 0 Å². The molecule has 0 aromatic heterocycles. The number of amidine groups is 1. The zero-order valence-corrected chi connectivity index (χ0v) is 18.4. The Balaban J connectivity index is 1.61. The first-order valence-corrected chi connectivity index (χ1v) is 11.0. The molecule has 2 atom stereocenters. The second-order valence-electron chi connectivity index (χ2n) is 8.20. The summed E-state index contributed by atoms with van der Waals surface area (Å²) in [5.74, 6) is -1.94. The maximum atomic E-state index is 13.1. The number of likely N-dealkylation sites (tertiary alicyclic amines) is 1. The largest absolute Gasteiger partial charge is 0.441 e. The maximum Gasteiger partial charge on any atom is 0.410 e. The quantitative estimate of drug-likeness (QED) is 0.366. The van der Waals surface area contributed by atoms with Crippen LogP contribution in [0.2, 0.25) is 0 Å². The highest BCUT2D eigenvalue weighted by molar-refractivity contribution is 6.14. The number of ether oxygens (including phenoxy) is 2. The molecule has 2 heterocycles. The molecule has 6 N–H and O–H groups in total. The number of primary amides is 1. The molecule has 2 unspecified atom stereocenters. The highest BCUT2D eigenvalue weighted by Gasteiger charge is 2.31. The molecule has 2 amide bonds. The van der Waals surface area contributed by atoms with E-state index < -0.39 is 17.6 Å². The van der Waals surface area contributed by atoms with E-state index in [4.69, 9.17) is 26.7 Å². The van der Waals surface area contributed by atoms with Gasteiger partial charge in [-0.25, -0.2) is 14.2 Å². The Hall–Kier alpha value is -3.05. The highest BCUT2D eigenvalue weighted by atomic mass is 19.1. The van der Waals surface area contributed by atoms with Crippen LogP contribution in [0.5, 0.6) is 0 Å². The number of carbonyl (C=O) groups excluding carboxylic acids is 2. The van der Waals surface area contributed by atoms with Crippen molar-refractivity contribution in [3.63, 3.8) is 0 Å². The van der Waals surface area contributed by atoms with Crippen molar-refractivity contribution in [2.24, 2.45) is 39.0 Å². The van der Waals surface area contributed by atoms with Gasteiger partial charge in [0.1, 0.15) is 17.6 Å². The van der Waals surface area contributed by atoms with Crippen molar-refractivity contribution >= 4 is 29.7 Å². The standard InChI is InChI=1S/C22H31FN6O4/c23-15-1-3-16(4-2-15)28-20(25)18(21(26)30)11-27-19(5-8-24)14-6-9-29(10-7-14)22(31)33-17-12-32-13-17/h1-4,11,14,17-19H,5-10,12-13,24H2,(H2,25,28)(H2,26,30). The number of amides is 2. The van der Waals surface area contributed by atoms with Crippen LogP contribution in [0.1, 0.15) is 19.3 Å². The molecule has 3 rings (SSSR count). The van der Waals surface area contributed by atoms with Crippen molar-refractivity contribution < 1.29 is 23.5 Å². The normalized spacial score (nSPS) is 19.8.